The number of carbonyl (C=O) groups is 1. The van der Waals surface area contributed by atoms with Gasteiger partial charge < -0.3 is 10.2 Å². The van der Waals surface area contributed by atoms with Gasteiger partial charge in [0.1, 0.15) is 5.56 Å². The van der Waals surface area contributed by atoms with Crippen molar-refractivity contribution in [2.24, 2.45) is 0 Å². The molecule has 0 aliphatic rings. The van der Waals surface area contributed by atoms with Crippen molar-refractivity contribution in [3.8, 4) is 5.75 Å². The molecule has 9 nitrogen and oxygen atoms in total. The first-order valence-electron chi connectivity index (χ1n) is 3.74. The number of rotatable bonds is 3. The molecule has 0 bridgehead atoms. The standard InChI is InChI=1S/C7H4N2O7/c10-4-2-1-3(7(11)12)5(8(13)14)6(4)9(15)16/h1-2,10H,(H,11,12). The number of aromatic hydroxyl groups is 1. The number of hydrogen-bond acceptors (Lipinski definition) is 6. The number of hydrogen-bond donors (Lipinski definition) is 2. The smallest absolute Gasteiger partial charge is 0.388 e. The minimum Gasteiger partial charge on any atom is -0.502 e. The molecule has 1 aromatic rings. The molecule has 1 rings (SSSR count). The number of carboxylic acids is 1. The third-order valence-electron chi connectivity index (χ3n) is 1.73. The second-order valence-corrected chi connectivity index (χ2v) is 2.65. The van der Waals surface area contributed by atoms with Crippen LogP contribution < -0.4 is 0 Å². The van der Waals surface area contributed by atoms with Crippen molar-refractivity contribution in [3.63, 3.8) is 0 Å². The number of aromatic carboxylic acids is 1. The first-order chi connectivity index (χ1) is 7.36. The highest BCUT2D eigenvalue weighted by Gasteiger charge is 2.35. The molecule has 0 spiro atoms. The Bertz CT molecular complexity index is 496. The minimum absolute atomic E-state index is 0.717. The second-order valence-electron chi connectivity index (χ2n) is 2.65. The fourth-order valence-corrected chi connectivity index (χ4v) is 1.11. The monoisotopic (exact) mass is 228 g/mol. The lowest BCUT2D eigenvalue weighted by Crippen LogP contribution is -2.05. The molecule has 2 N–H and O–H groups in total. The summed E-state index contributed by atoms with van der Waals surface area (Å²) in [4.78, 5) is 29.2. The fourth-order valence-electron chi connectivity index (χ4n) is 1.11. The highest BCUT2D eigenvalue weighted by Crippen LogP contribution is 2.38. The van der Waals surface area contributed by atoms with E-state index in [1.54, 1.807) is 0 Å². The zero-order valence-corrected chi connectivity index (χ0v) is 7.48. The summed E-state index contributed by atoms with van der Waals surface area (Å²) in [5, 5.41) is 38.7. The molecule has 1 aromatic carbocycles. The van der Waals surface area contributed by atoms with Crippen molar-refractivity contribution >= 4 is 17.3 Å². The lowest BCUT2D eigenvalue weighted by Gasteiger charge is -2.00. The number of carboxylic acid groups (broad SMARTS) is 1. The van der Waals surface area contributed by atoms with E-state index in [9.17, 15) is 25.0 Å². The number of benzene rings is 1. The molecular formula is C7H4N2O7. The van der Waals surface area contributed by atoms with Gasteiger partial charge in [0, 0.05) is 0 Å². The third-order valence-corrected chi connectivity index (χ3v) is 1.73. The van der Waals surface area contributed by atoms with Crippen LogP contribution in [0, 0.1) is 20.2 Å². The SMILES string of the molecule is O=C(O)c1ccc(O)c([N+](=O)[O-])c1[N+](=O)[O-]. The molecule has 16 heavy (non-hydrogen) atoms. The Kier molecular flexibility index (Phi) is 2.70. The van der Waals surface area contributed by atoms with Gasteiger partial charge in [0.25, 0.3) is 0 Å². The van der Waals surface area contributed by atoms with E-state index in [-0.39, 0.29) is 0 Å². The Morgan fingerprint density at radius 3 is 2.00 bits per heavy atom. The topological polar surface area (TPSA) is 144 Å². The molecule has 0 aliphatic carbocycles. The molecule has 0 saturated heterocycles. The zero-order chi connectivity index (χ0) is 12.5. The summed E-state index contributed by atoms with van der Waals surface area (Å²) >= 11 is 0. The Morgan fingerprint density at radius 1 is 1.12 bits per heavy atom. The van der Waals surface area contributed by atoms with Gasteiger partial charge in [-0.2, -0.15) is 0 Å². The van der Waals surface area contributed by atoms with Crippen LogP contribution in [-0.2, 0) is 0 Å². The van der Waals surface area contributed by atoms with Crippen LogP contribution in [0.3, 0.4) is 0 Å². The van der Waals surface area contributed by atoms with Gasteiger partial charge in [-0.15, -0.1) is 0 Å². The molecule has 0 radical (unpaired) electrons. The zero-order valence-electron chi connectivity index (χ0n) is 7.48. The van der Waals surface area contributed by atoms with Crippen LogP contribution in [-0.4, -0.2) is 26.0 Å². The quantitative estimate of drug-likeness (QED) is 0.577. The van der Waals surface area contributed by atoms with Gasteiger partial charge in [0.05, 0.1) is 9.85 Å². The predicted molar refractivity (Wildman–Crippen MR) is 48.4 cm³/mol. The minimum atomic E-state index is -1.69. The number of nitrogens with zero attached hydrogens (tertiary/aromatic N) is 2. The van der Waals surface area contributed by atoms with E-state index in [4.69, 9.17) is 10.2 Å². The molecule has 0 aliphatic heterocycles. The normalized spacial score (nSPS) is 9.75. The molecule has 0 unspecified atom stereocenters. The van der Waals surface area contributed by atoms with Crippen molar-refractivity contribution in [1.29, 1.82) is 0 Å². The number of phenolic OH excluding ortho intramolecular Hbond substituents is 1. The van der Waals surface area contributed by atoms with Crippen molar-refractivity contribution in [1.82, 2.24) is 0 Å². The number of nitro groups is 2. The van der Waals surface area contributed by atoms with Gasteiger partial charge in [-0.25, -0.2) is 4.79 Å². The van der Waals surface area contributed by atoms with E-state index < -0.39 is 38.5 Å². The van der Waals surface area contributed by atoms with Crippen LogP contribution in [0.15, 0.2) is 12.1 Å². The van der Waals surface area contributed by atoms with E-state index in [0.717, 1.165) is 6.07 Å². The summed E-state index contributed by atoms with van der Waals surface area (Å²) in [6.45, 7) is 0. The second kappa shape index (κ2) is 3.81. The molecule has 0 saturated carbocycles. The molecule has 84 valence electrons. The van der Waals surface area contributed by atoms with E-state index >= 15 is 0 Å². The van der Waals surface area contributed by atoms with Crippen LogP contribution >= 0.6 is 0 Å². The molecule has 0 atom stereocenters. The summed E-state index contributed by atoms with van der Waals surface area (Å²) in [5.74, 6) is -2.64. The average Bonchev–Trinajstić information content (AvgIpc) is 2.15. The van der Waals surface area contributed by atoms with Gasteiger partial charge in [-0.05, 0) is 12.1 Å². The Morgan fingerprint density at radius 2 is 1.62 bits per heavy atom. The molecule has 9 heteroatoms. The average molecular weight is 228 g/mol. The highest BCUT2D eigenvalue weighted by atomic mass is 16.6. The fraction of sp³-hybridized carbons (Fsp3) is 0. The van der Waals surface area contributed by atoms with Crippen molar-refractivity contribution in [2.75, 3.05) is 0 Å². The van der Waals surface area contributed by atoms with Crippen LogP contribution in [0.4, 0.5) is 11.4 Å². The van der Waals surface area contributed by atoms with Crippen LogP contribution in [0.5, 0.6) is 5.75 Å². The van der Waals surface area contributed by atoms with Crippen LogP contribution in [0.25, 0.3) is 0 Å². The summed E-state index contributed by atoms with van der Waals surface area (Å²) in [5.41, 5.74) is -3.32. The number of nitro benzene ring substituents is 2. The first-order valence-corrected chi connectivity index (χ1v) is 3.74. The largest absolute Gasteiger partial charge is 0.502 e. The third kappa shape index (κ3) is 1.73. The van der Waals surface area contributed by atoms with Gasteiger partial charge in [-0.3, -0.25) is 20.2 Å². The predicted octanol–water partition coefficient (Wildman–Crippen LogP) is 0.907. The van der Waals surface area contributed by atoms with Gasteiger partial charge in [0.2, 0.25) is 5.75 Å². The Hall–Kier alpha value is -2.71. The summed E-state index contributed by atoms with van der Waals surface area (Å²) in [6.07, 6.45) is 0. The van der Waals surface area contributed by atoms with Crippen LogP contribution in [0.2, 0.25) is 0 Å². The molecule has 0 amide bonds. The van der Waals surface area contributed by atoms with Gasteiger partial charge in [-0.1, -0.05) is 0 Å². The molecule has 0 aromatic heterocycles. The summed E-state index contributed by atoms with van der Waals surface area (Å²) < 4.78 is 0. The Labute approximate surface area is 86.9 Å². The lowest BCUT2D eigenvalue weighted by molar-refractivity contribution is -0.423. The number of phenols is 1. The summed E-state index contributed by atoms with van der Waals surface area (Å²) in [6, 6.07) is 1.44. The Balaban J connectivity index is 3.70. The van der Waals surface area contributed by atoms with Gasteiger partial charge >= 0.3 is 17.3 Å². The van der Waals surface area contributed by atoms with Crippen molar-refractivity contribution in [2.45, 2.75) is 0 Å². The molecule has 0 heterocycles. The van der Waals surface area contributed by atoms with Gasteiger partial charge in [0.15, 0.2) is 0 Å². The molecule has 0 fully saturated rings. The maximum Gasteiger partial charge on any atom is 0.388 e. The first kappa shape index (κ1) is 11.4. The highest BCUT2D eigenvalue weighted by molar-refractivity contribution is 5.95. The van der Waals surface area contributed by atoms with E-state index in [0.29, 0.717) is 6.07 Å². The lowest BCUT2D eigenvalue weighted by atomic mass is 10.1. The van der Waals surface area contributed by atoms with Crippen molar-refractivity contribution < 1.29 is 24.9 Å². The maximum atomic E-state index is 10.6. The van der Waals surface area contributed by atoms with Crippen LogP contribution in [0.1, 0.15) is 10.4 Å². The van der Waals surface area contributed by atoms with E-state index in [2.05, 4.69) is 0 Å². The van der Waals surface area contributed by atoms with E-state index in [1.165, 1.54) is 0 Å². The van der Waals surface area contributed by atoms with E-state index in [1.807, 2.05) is 0 Å². The summed E-state index contributed by atoms with van der Waals surface area (Å²) in [7, 11) is 0. The molecular weight excluding hydrogens is 224 g/mol. The van der Waals surface area contributed by atoms with Crippen molar-refractivity contribution in [3.05, 3.63) is 37.9 Å². The maximum absolute atomic E-state index is 10.6.